The van der Waals surface area contributed by atoms with Gasteiger partial charge < -0.3 is 30.8 Å². The number of carboxylic acid groups (broad SMARTS) is 2. The van der Waals surface area contributed by atoms with Gasteiger partial charge in [0.2, 0.25) is 6.61 Å². The number of nitrogens with two attached hydrogens (primary N) is 1. The number of aliphatic carboxylic acids is 2. The molecule has 16 heteroatoms. The number of cyclic esters (lactones) is 1. The molecule has 5 N–H and O–H groups in total. The molecule has 0 radical (unpaired) electrons. The van der Waals surface area contributed by atoms with Crippen molar-refractivity contribution in [3.05, 3.63) is 11.1 Å². The number of nitrogen functional groups attached to an aromatic ring is 1. The second-order valence-corrected chi connectivity index (χ2v) is 7.09. The van der Waals surface area contributed by atoms with Crippen molar-refractivity contribution in [2.75, 3.05) is 18.9 Å². The number of hydrogen-bond donors (Lipinski definition) is 4. The highest BCUT2D eigenvalue weighted by molar-refractivity contribution is 7.13. The summed E-state index contributed by atoms with van der Waals surface area (Å²) in [5.41, 5.74) is 2.68. The summed E-state index contributed by atoms with van der Waals surface area (Å²) in [6.45, 7) is -1.30. The molecule has 2 aliphatic rings. The van der Waals surface area contributed by atoms with Crippen molar-refractivity contribution in [2.24, 2.45) is 5.16 Å². The smallest absolute Gasteiger partial charge is 0.372 e. The lowest BCUT2D eigenvalue weighted by molar-refractivity contribution is -0.256. The number of rotatable bonds is 8. The van der Waals surface area contributed by atoms with Gasteiger partial charge in [0.25, 0.3) is 11.8 Å². The fraction of sp³-hybridized carbons (Fsp3) is 0.400. The Hall–Kier alpha value is -3.79. The van der Waals surface area contributed by atoms with E-state index in [1.165, 1.54) is 5.38 Å². The third kappa shape index (κ3) is 4.38. The molecule has 3 rings (SSSR count). The predicted molar refractivity (Wildman–Crippen MR) is 97.1 cm³/mol. The highest BCUT2D eigenvalue weighted by atomic mass is 32.1. The molecule has 15 nitrogen and oxygen atoms in total. The van der Waals surface area contributed by atoms with Crippen LogP contribution in [0.1, 0.15) is 18.5 Å². The average molecular weight is 457 g/mol. The first-order valence-electron chi connectivity index (χ1n) is 8.50. The summed E-state index contributed by atoms with van der Waals surface area (Å²) in [7, 11) is 0. The standard InChI is InChI=1S/C15H15N5O10S/c16-14-18-7(5-31-14)10(19-28-4-8(21)22)11(24)17-6-3-29-20(12(6)25)15(13(26)27)2-1-9(23)30-15/h5-6H,1-4H2,(H2,16,18)(H,17,24)(H,21,22)(H,26,27)/b19-10-/t6-,15?/m0/s1. The molecule has 0 bridgehead atoms. The Kier molecular flexibility index (Phi) is 6.02. The normalized spacial score (nSPS) is 23.5. The van der Waals surface area contributed by atoms with Gasteiger partial charge in [0.15, 0.2) is 10.8 Å². The Morgan fingerprint density at radius 3 is 2.71 bits per heavy atom. The highest BCUT2D eigenvalue weighted by Crippen LogP contribution is 2.34. The number of ether oxygens (including phenoxy) is 1. The third-order valence-corrected chi connectivity index (χ3v) is 4.78. The highest BCUT2D eigenvalue weighted by Gasteiger charge is 2.59. The molecule has 2 saturated heterocycles. The van der Waals surface area contributed by atoms with E-state index in [-0.39, 0.29) is 23.7 Å². The van der Waals surface area contributed by atoms with Crippen LogP contribution in [0.4, 0.5) is 5.13 Å². The van der Waals surface area contributed by atoms with Crippen LogP contribution >= 0.6 is 11.3 Å². The summed E-state index contributed by atoms with van der Waals surface area (Å²) in [5.74, 6) is -5.75. The molecule has 0 saturated carbocycles. The number of carbonyl (C=O) groups is 5. The number of anilines is 1. The van der Waals surface area contributed by atoms with Crippen LogP contribution in [0.15, 0.2) is 10.5 Å². The van der Waals surface area contributed by atoms with E-state index in [1.807, 2.05) is 0 Å². The van der Waals surface area contributed by atoms with Gasteiger partial charge >= 0.3 is 23.6 Å². The minimum Gasteiger partial charge on any atom is -0.479 e. The Balaban J connectivity index is 1.76. The lowest BCUT2D eigenvalue weighted by atomic mass is 10.1. The van der Waals surface area contributed by atoms with E-state index in [1.54, 1.807) is 0 Å². The number of nitrogens with zero attached hydrogens (tertiary/aromatic N) is 3. The van der Waals surface area contributed by atoms with E-state index in [0.717, 1.165) is 11.3 Å². The van der Waals surface area contributed by atoms with E-state index >= 15 is 0 Å². The summed E-state index contributed by atoms with van der Waals surface area (Å²) >= 11 is 0.974. The van der Waals surface area contributed by atoms with Gasteiger partial charge in [-0.2, -0.15) is 5.06 Å². The molecule has 166 valence electrons. The molecule has 31 heavy (non-hydrogen) atoms. The SMILES string of the molecule is Nc1nc(/C(=N/OCC(=O)O)C(=O)N[C@H]2CON(C3(C(=O)O)CCC(=O)O3)C2=O)cs1. The Bertz CT molecular complexity index is 977. The van der Waals surface area contributed by atoms with Gasteiger partial charge in [-0.3, -0.25) is 19.2 Å². The number of amides is 2. The van der Waals surface area contributed by atoms with Gasteiger partial charge in [0.1, 0.15) is 18.3 Å². The molecule has 0 aliphatic carbocycles. The van der Waals surface area contributed by atoms with E-state index in [0.29, 0.717) is 5.06 Å². The zero-order valence-corrected chi connectivity index (χ0v) is 16.3. The zero-order valence-electron chi connectivity index (χ0n) is 15.5. The van der Waals surface area contributed by atoms with Crippen LogP contribution < -0.4 is 11.1 Å². The van der Waals surface area contributed by atoms with Crippen molar-refractivity contribution in [1.82, 2.24) is 15.4 Å². The molecule has 2 aliphatic heterocycles. The van der Waals surface area contributed by atoms with Crippen molar-refractivity contribution in [3.8, 4) is 0 Å². The molecule has 1 aromatic rings. The summed E-state index contributed by atoms with van der Waals surface area (Å²) < 4.78 is 4.82. The first-order valence-corrected chi connectivity index (χ1v) is 9.38. The summed E-state index contributed by atoms with van der Waals surface area (Å²) in [6, 6.07) is -1.36. The third-order valence-electron chi connectivity index (χ3n) is 4.11. The van der Waals surface area contributed by atoms with Gasteiger partial charge in [-0.05, 0) is 0 Å². The lowest BCUT2D eigenvalue weighted by Gasteiger charge is -2.30. The van der Waals surface area contributed by atoms with E-state index < -0.39 is 60.4 Å². The van der Waals surface area contributed by atoms with Gasteiger partial charge in [0.05, 0.1) is 6.42 Å². The summed E-state index contributed by atoms with van der Waals surface area (Å²) in [6.07, 6.45) is -0.569. The Morgan fingerprint density at radius 2 is 2.16 bits per heavy atom. The maximum absolute atomic E-state index is 12.7. The van der Waals surface area contributed by atoms with Gasteiger partial charge in [-0.25, -0.2) is 14.6 Å². The van der Waals surface area contributed by atoms with E-state index in [4.69, 9.17) is 20.4 Å². The molecule has 2 atom stereocenters. The fourth-order valence-corrected chi connectivity index (χ4v) is 3.28. The van der Waals surface area contributed by atoms with Crippen LogP contribution in [0, 0.1) is 0 Å². The van der Waals surface area contributed by atoms with Crippen molar-refractivity contribution in [3.63, 3.8) is 0 Å². The monoisotopic (exact) mass is 457 g/mol. The molecule has 0 spiro atoms. The fourth-order valence-electron chi connectivity index (χ4n) is 2.73. The number of thiazole rings is 1. The van der Waals surface area contributed by atoms with Gasteiger partial charge in [-0.15, -0.1) is 11.3 Å². The number of carboxylic acids is 2. The van der Waals surface area contributed by atoms with Gasteiger partial charge in [0, 0.05) is 11.8 Å². The molecule has 0 aromatic carbocycles. The van der Waals surface area contributed by atoms with Crippen LogP contribution in [-0.4, -0.2) is 80.7 Å². The van der Waals surface area contributed by atoms with Crippen molar-refractivity contribution < 1.29 is 48.6 Å². The molecule has 2 fully saturated rings. The largest absolute Gasteiger partial charge is 0.479 e. The number of hydrogen-bond acceptors (Lipinski definition) is 12. The Morgan fingerprint density at radius 1 is 1.42 bits per heavy atom. The number of nitrogens with one attached hydrogen (secondary N) is 1. The van der Waals surface area contributed by atoms with Crippen molar-refractivity contribution in [2.45, 2.75) is 24.6 Å². The second-order valence-electron chi connectivity index (χ2n) is 6.20. The maximum atomic E-state index is 12.7. The first kappa shape index (κ1) is 21.9. The zero-order chi connectivity index (χ0) is 22.8. The number of carbonyl (C=O) groups excluding carboxylic acids is 3. The number of aromatic nitrogens is 1. The quantitative estimate of drug-likeness (QED) is 0.187. The summed E-state index contributed by atoms with van der Waals surface area (Å²) in [4.78, 5) is 72.6. The molecule has 1 aromatic heterocycles. The second kappa shape index (κ2) is 8.52. The maximum Gasteiger partial charge on any atom is 0.372 e. The van der Waals surface area contributed by atoms with Crippen molar-refractivity contribution in [1.29, 1.82) is 0 Å². The molecule has 1 unspecified atom stereocenters. The number of hydroxylamine groups is 2. The number of esters is 1. The molecule has 2 amide bonds. The minimum atomic E-state index is -2.33. The molecular weight excluding hydrogens is 442 g/mol. The van der Waals surface area contributed by atoms with E-state index in [2.05, 4.69) is 20.3 Å². The van der Waals surface area contributed by atoms with Gasteiger partial charge in [-0.1, -0.05) is 5.16 Å². The average Bonchev–Trinajstić information content (AvgIpc) is 3.39. The molecular formula is C15H15N5O10S. The lowest BCUT2D eigenvalue weighted by Crippen LogP contribution is -2.57. The summed E-state index contributed by atoms with van der Waals surface area (Å²) in [5, 5.41) is 25.7. The van der Waals surface area contributed by atoms with Crippen LogP contribution in [-0.2, 0) is 38.4 Å². The predicted octanol–water partition coefficient (Wildman–Crippen LogP) is -2.09. The topological polar surface area (TPSA) is 220 Å². The minimum absolute atomic E-state index is 0.0414. The van der Waals surface area contributed by atoms with Crippen LogP contribution in [0.25, 0.3) is 0 Å². The van der Waals surface area contributed by atoms with Crippen molar-refractivity contribution >= 4 is 51.9 Å². The Labute approximate surface area is 176 Å². The number of oxime groups is 1. The van der Waals surface area contributed by atoms with Crippen LogP contribution in [0.2, 0.25) is 0 Å². The van der Waals surface area contributed by atoms with Crippen LogP contribution in [0.5, 0.6) is 0 Å². The van der Waals surface area contributed by atoms with E-state index in [9.17, 15) is 29.1 Å². The van der Waals surface area contributed by atoms with Crippen LogP contribution in [0.3, 0.4) is 0 Å². The molecule has 3 heterocycles. The first-order chi connectivity index (χ1) is 14.6.